The third-order valence-corrected chi connectivity index (χ3v) is 3.13. The number of hydrogen-bond acceptors (Lipinski definition) is 0. The Bertz CT molecular complexity index is 578. The van der Waals surface area contributed by atoms with E-state index in [0.29, 0.717) is 6.42 Å². The number of aryl methyl sites for hydroxylation is 2. The van der Waals surface area contributed by atoms with Gasteiger partial charge < -0.3 is 0 Å². The van der Waals surface area contributed by atoms with Gasteiger partial charge in [0.15, 0.2) is 0 Å². The molecule has 2 aromatic rings. The van der Waals surface area contributed by atoms with E-state index in [1.807, 2.05) is 50.2 Å². The standard InChI is InChI=1S/C18H18F2/c1-14-11-15(2)13-17(12-14)18(19,20)10-6-9-16-7-4-3-5-8-16/h3-8,10-13H,9H2,1-2H3/b10-6+. The summed E-state index contributed by atoms with van der Waals surface area (Å²) in [5.41, 5.74) is 2.80. The van der Waals surface area contributed by atoms with Crippen molar-refractivity contribution < 1.29 is 8.78 Å². The van der Waals surface area contributed by atoms with E-state index in [9.17, 15) is 8.78 Å². The zero-order valence-electron chi connectivity index (χ0n) is 11.7. The molecule has 20 heavy (non-hydrogen) atoms. The van der Waals surface area contributed by atoms with Crippen molar-refractivity contribution in [1.29, 1.82) is 0 Å². The zero-order valence-corrected chi connectivity index (χ0v) is 11.7. The van der Waals surface area contributed by atoms with Crippen molar-refractivity contribution >= 4 is 0 Å². The van der Waals surface area contributed by atoms with Gasteiger partial charge in [0.2, 0.25) is 0 Å². The number of halogens is 2. The van der Waals surface area contributed by atoms with E-state index in [1.165, 1.54) is 6.08 Å². The quantitative estimate of drug-likeness (QED) is 0.671. The first-order valence-electron chi connectivity index (χ1n) is 6.65. The first-order valence-corrected chi connectivity index (χ1v) is 6.65. The minimum absolute atomic E-state index is 0.0549. The molecule has 0 nitrogen and oxygen atoms in total. The van der Waals surface area contributed by atoms with Crippen molar-refractivity contribution in [3.8, 4) is 0 Å². The van der Waals surface area contributed by atoms with Crippen molar-refractivity contribution in [2.45, 2.75) is 26.2 Å². The first-order chi connectivity index (χ1) is 9.47. The van der Waals surface area contributed by atoms with E-state index in [2.05, 4.69) is 0 Å². The molecule has 0 unspecified atom stereocenters. The monoisotopic (exact) mass is 272 g/mol. The zero-order chi connectivity index (χ0) is 14.6. The minimum Gasteiger partial charge on any atom is -0.197 e. The van der Waals surface area contributed by atoms with Gasteiger partial charge in [-0.3, -0.25) is 0 Å². The Kier molecular flexibility index (Phi) is 4.33. The fraction of sp³-hybridized carbons (Fsp3) is 0.222. The summed E-state index contributed by atoms with van der Waals surface area (Å²) in [7, 11) is 0. The molecular formula is C18H18F2. The van der Waals surface area contributed by atoms with Crippen molar-refractivity contribution in [3.05, 3.63) is 82.9 Å². The summed E-state index contributed by atoms with van der Waals surface area (Å²) in [6.07, 6.45) is 3.04. The van der Waals surface area contributed by atoms with Gasteiger partial charge in [-0.05, 0) is 44.0 Å². The minimum atomic E-state index is -2.93. The summed E-state index contributed by atoms with van der Waals surface area (Å²) < 4.78 is 28.3. The molecule has 2 rings (SSSR count). The maximum absolute atomic E-state index is 14.1. The topological polar surface area (TPSA) is 0 Å². The number of benzene rings is 2. The van der Waals surface area contributed by atoms with Crippen molar-refractivity contribution in [3.63, 3.8) is 0 Å². The van der Waals surface area contributed by atoms with Crippen LogP contribution in [-0.4, -0.2) is 0 Å². The lowest BCUT2D eigenvalue weighted by atomic mass is 10.0. The van der Waals surface area contributed by atoms with Crippen LogP contribution in [0.3, 0.4) is 0 Å². The summed E-state index contributed by atoms with van der Waals surface area (Å²) in [6.45, 7) is 3.67. The summed E-state index contributed by atoms with van der Waals surface area (Å²) in [6, 6.07) is 14.6. The van der Waals surface area contributed by atoms with Gasteiger partial charge in [0.25, 0.3) is 5.92 Å². The van der Waals surface area contributed by atoms with Gasteiger partial charge in [-0.15, -0.1) is 0 Å². The van der Waals surface area contributed by atoms with E-state index in [0.717, 1.165) is 22.8 Å². The second kappa shape index (κ2) is 6.00. The Morgan fingerprint density at radius 3 is 2.15 bits per heavy atom. The van der Waals surface area contributed by atoms with Crippen molar-refractivity contribution in [2.24, 2.45) is 0 Å². The third kappa shape index (κ3) is 3.77. The lowest BCUT2D eigenvalue weighted by Gasteiger charge is -2.14. The molecule has 0 saturated heterocycles. The van der Waals surface area contributed by atoms with Gasteiger partial charge in [-0.1, -0.05) is 53.6 Å². The summed E-state index contributed by atoms with van der Waals surface area (Å²) in [5, 5.41) is 0. The predicted octanol–water partition coefficient (Wildman–Crippen LogP) is 5.19. The summed E-state index contributed by atoms with van der Waals surface area (Å²) >= 11 is 0. The van der Waals surface area contributed by atoms with E-state index >= 15 is 0 Å². The molecule has 2 heteroatoms. The van der Waals surface area contributed by atoms with E-state index in [1.54, 1.807) is 12.1 Å². The SMILES string of the molecule is Cc1cc(C)cc(C(F)(F)/C=C/Cc2ccccc2)c1. The maximum atomic E-state index is 14.1. The Morgan fingerprint density at radius 2 is 1.55 bits per heavy atom. The largest absolute Gasteiger partial charge is 0.291 e. The molecule has 0 saturated carbocycles. The van der Waals surface area contributed by atoms with Crippen LogP contribution < -0.4 is 0 Å². The normalized spacial score (nSPS) is 12.0. The highest BCUT2D eigenvalue weighted by molar-refractivity contribution is 5.33. The van der Waals surface area contributed by atoms with Gasteiger partial charge in [0.1, 0.15) is 0 Å². The number of allylic oxidation sites excluding steroid dienone is 2. The Labute approximate surface area is 118 Å². The number of rotatable bonds is 4. The van der Waals surface area contributed by atoms with Gasteiger partial charge in [0.05, 0.1) is 0 Å². The van der Waals surface area contributed by atoms with Crippen LogP contribution in [0.15, 0.2) is 60.7 Å². The Balaban J connectivity index is 2.14. The van der Waals surface area contributed by atoms with Crippen LogP contribution in [0.2, 0.25) is 0 Å². The second-order valence-electron chi connectivity index (χ2n) is 5.09. The van der Waals surface area contributed by atoms with Crippen LogP contribution in [0.4, 0.5) is 8.78 Å². The van der Waals surface area contributed by atoms with Gasteiger partial charge in [-0.2, -0.15) is 8.78 Å². The molecule has 2 aromatic carbocycles. The molecule has 0 heterocycles. The molecule has 0 aliphatic carbocycles. The maximum Gasteiger partial charge on any atom is 0.291 e. The van der Waals surface area contributed by atoms with E-state index in [-0.39, 0.29) is 5.56 Å². The lowest BCUT2D eigenvalue weighted by molar-refractivity contribution is 0.0517. The summed E-state index contributed by atoms with van der Waals surface area (Å²) in [4.78, 5) is 0. The first kappa shape index (κ1) is 14.4. The molecule has 0 aromatic heterocycles. The third-order valence-electron chi connectivity index (χ3n) is 3.13. The van der Waals surface area contributed by atoms with Crippen LogP contribution in [-0.2, 0) is 12.3 Å². The highest BCUT2D eigenvalue weighted by Gasteiger charge is 2.27. The number of alkyl halides is 2. The highest BCUT2D eigenvalue weighted by Crippen LogP contribution is 2.31. The van der Waals surface area contributed by atoms with E-state index in [4.69, 9.17) is 0 Å². The molecule has 0 aliphatic rings. The van der Waals surface area contributed by atoms with E-state index < -0.39 is 5.92 Å². The number of hydrogen-bond donors (Lipinski definition) is 0. The molecule has 104 valence electrons. The van der Waals surface area contributed by atoms with Crippen LogP contribution in [0, 0.1) is 13.8 Å². The smallest absolute Gasteiger partial charge is 0.197 e. The average molecular weight is 272 g/mol. The highest BCUT2D eigenvalue weighted by atomic mass is 19.3. The fourth-order valence-electron chi connectivity index (χ4n) is 2.22. The van der Waals surface area contributed by atoms with Crippen LogP contribution in [0.25, 0.3) is 0 Å². The molecular weight excluding hydrogens is 254 g/mol. The lowest BCUT2D eigenvalue weighted by Crippen LogP contribution is -2.10. The summed E-state index contributed by atoms with van der Waals surface area (Å²) in [5.74, 6) is -2.93. The van der Waals surface area contributed by atoms with Crippen LogP contribution in [0.1, 0.15) is 22.3 Å². The molecule has 0 bridgehead atoms. The van der Waals surface area contributed by atoms with Gasteiger partial charge >= 0.3 is 0 Å². The van der Waals surface area contributed by atoms with Crippen molar-refractivity contribution in [1.82, 2.24) is 0 Å². The van der Waals surface area contributed by atoms with Crippen molar-refractivity contribution in [2.75, 3.05) is 0 Å². The average Bonchev–Trinajstić information content (AvgIpc) is 2.38. The molecule has 0 amide bonds. The van der Waals surface area contributed by atoms with Gasteiger partial charge in [0, 0.05) is 5.56 Å². The Hall–Kier alpha value is -1.96. The van der Waals surface area contributed by atoms with Gasteiger partial charge in [-0.25, -0.2) is 0 Å². The Morgan fingerprint density at radius 1 is 0.950 bits per heavy atom. The fourth-order valence-corrected chi connectivity index (χ4v) is 2.22. The molecule has 0 atom stereocenters. The molecule has 0 N–H and O–H groups in total. The van der Waals surface area contributed by atoms with Crippen LogP contribution in [0.5, 0.6) is 0 Å². The second-order valence-corrected chi connectivity index (χ2v) is 5.09. The molecule has 0 fully saturated rings. The molecule has 0 aliphatic heterocycles. The predicted molar refractivity (Wildman–Crippen MR) is 79.1 cm³/mol. The van der Waals surface area contributed by atoms with Crippen LogP contribution >= 0.6 is 0 Å². The molecule has 0 radical (unpaired) electrons. The molecule has 0 spiro atoms.